The molecule has 3 saturated heterocycles. The third-order valence-corrected chi connectivity index (χ3v) is 12.7. The van der Waals surface area contributed by atoms with Gasteiger partial charge in [-0.3, -0.25) is 0 Å². The van der Waals surface area contributed by atoms with Crippen LogP contribution in [0, 0.1) is 0 Å². The zero-order chi connectivity index (χ0) is 43.2. The molecule has 3 aliphatic rings. The Bertz CT molecular complexity index is 1830. The molecule has 324 valence electrons. The van der Waals surface area contributed by atoms with Crippen LogP contribution in [0.15, 0.2) is 30.3 Å². The summed E-state index contributed by atoms with van der Waals surface area (Å²) < 4.78 is 18.8. The molecule has 2 aromatic carbocycles. The Morgan fingerprint density at radius 3 is 1.22 bits per heavy atom. The highest BCUT2D eigenvalue weighted by Gasteiger charge is 2.47. The summed E-state index contributed by atoms with van der Waals surface area (Å²) in [5.41, 5.74) is -1.33. The number of ether oxygens (including phenoxy) is 3. The number of benzene rings is 2. The molecule has 0 aliphatic carbocycles. The molecule has 3 aliphatic heterocycles. The van der Waals surface area contributed by atoms with Crippen molar-refractivity contribution in [2.75, 3.05) is 21.3 Å². The molecule has 0 bridgehead atoms. The summed E-state index contributed by atoms with van der Waals surface area (Å²) in [6.45, 7) is 25.3. The van der Waals surface area contributed by atoms with E-state index >= 15 is 0 Å². The van der Waals surface area contributed by atoms with E-state index in [1.54, 1.807) is 51.7 Å². The van der Waals surface area contributed by atoms with E-state index in [-0.39, 0.29) is 45.5 Å². The molecule has 0 N–H and O–H groups in total. The molecular weight excluding hydrogens is 739 g/mol. The highest BCUT2D eigenvalue weighted by Crippen LogP contribution is 2.41. The molecule has 3 heterocycles. The van der Waals surface area contributed by atoms with Crippen LogP contribution >= 0.6 is 0 Å². The number of hydrogen-bond acceptors (Lipinski definition) is 12. The first kappa shape index (κ1) is 45.9. The Hall–Kier alpha value is -3.13. The normalized spacial score (nSPS) is 27.1. The molecule has 12 heteroatoms. The van der Waals surface area contributed by atoms with Gasteiger partial charge in [0.15, 0.2) is 0 Å². The second-order valence-electron chi connectivity index (χ2n) is 20.6. The smallest absolute Gasteiger partial charge is 0.339 e. The SMILES string of the molecule is CON1C(C)(C)CCC(OC(=O)c2cc(C(=O)OC3CCC(C)(C)N(OC)C(C)(C)C3)c3cc(C(=O)OC4CCC(C)(C)N(OC)C(C)(C)C4)ccc3c2)CC1(C)C. The number of carbonyl (C=O) groups is 3. The van der Waals surface area contributed by atoms with Crippen LogP contribution in [0.1, 0.15) is 172 Å². The standard InChI is InChI=1S/C46H71N3O9/c1-41(2)21-18-33(27-44(7,8)47(41)53-13)56-38(50)31-17-16-30-24-32(39(51)57-34-19-22-42(3,4)48(54-14)45(9,10)28-34)26-37(36(30)25-31)40(52)58-35-20-23-43(5,6)49(55-15)46(11,12)29-35/h16-17,24-26,33-35H,18-23,27-29H2,1-15H3. The van der Waals surface area contributed by atoms with Gasteiger partial charge in [-0.1, -0.05) is 6.07 Å². The van der Waals surface area contributed by atoms with Gasteiger partial charge in [0.05, 0.1) is 38.0 Å². The lowest BCUT2D eigenvalue weighted by Gasteiger charge is -2.44. The fourth-order valence-electron chi connectivity index (χ4n) is 10.7. The van der Waals surface area contributed by atoms with E-state index in [0.717, 1.165) is 19.3 Å². The molecule has 0 amide bonds. The van der Waals surface area contributed by atoms with Crippen LogP contribution in [0.5, 0.6) is 0 Å². The van der Waals surface area contributed by atoms with Gasteiger partial charge in [-0.15, -0.1) is 0 Å². The van der Waals surface area contributed by atoms with E-state index in [2.05, 4.69) is 83.1 Å². The van der Waals surface area contributed by atoms with Crippen LogP contribution in [0.4, 0.5) is 0 Å². The van der Waals surface area contributed by atoms with Gasteiger partial charge >= 0.3 is 17.9 Å². The number of carbonyl (C=O) groups excluding carboxylic acids is 3. The van der Waals surface area contributed by atoms with E-state index in [0.29, 0.717) is 54.9 Å². The summed E-state index contributed by atoms with van der Waals surface area (Å²) in [7, 11) is 5.03. The van der Waals surface area contributed by atoms with Crippen LogP contribution in [-0.4, -0.2) is 106 Å². The van der Waals surface area contributed by atoms with Crippen molar-refractivity contribution in [3.63, 3.8) is 0 Å². The molecule has 58 heavy (non-hydrogen) atoms. The molecular formula is C46H71N3O9. The van der Waals surface area contributed by atoms with Crippen molar-refractivity contribution in [3.8, 4) is 0 Å². The monoisotopic (exact) mass is 810 g/mol. The van der Waals surface area contributed by atoms with Crippen molar-refractivity contribution in [3.05, 3.63) is 47.0 Å². The summed E-state index contributed by atoms with van der Waals surface area (Å²) in [6.07, 6.45) is 4.76. The van der Waals surface area contributed by atoms with Crippen LogP contribution in [0.25, 0.3) is 10.8 Å². The molecule has 0 aromatic heterocycles. The summed E-state index contributed by atoms with van der Waals surface area (Å²) in [5.74, 6) is -1.58. The maximum Gasteiger partial charge on any atom is 0.339 e. The van der Waals surface area contributed by atoms with Gasteiger partial charge in [-0.2, -0.15) is 15.2 Å². The van der Waals surface area contributed by atoms with Gasteiger partial charge in [-0.25, -0.2) is 14.4 Å². The number of fused-ring (bicyclic) bond motifs is 1. The van der Waals surface area contributed by atoms with Crippen molar-refractivity contribution in [2.24, 2.45) is 0 Å². The summed E-state index contributed by atoms with van der Waals surface area (Å²) in [5, 5.41) is 7.08. The Morgan fingerprint density at radius 1 is 0.483 bits per heavy atom. The van der Waals surface area contributed by atoms with E-state index in [9.17, 15) is 14.4 Å². The second-order valence-corrected chi connectivity index (χ2v) is 20.6. The fourth-order valence-corrected chi connectivity index (χ4v) is 10.7. The third-order valence-electron chi connectivity index (χ3n) is 12.7. The maximum absolute atomic E-state index is 14.5. The molecule has 0 spiro atoms. The van der Waals surface area contributed by atoms with E-state index in [1.807, 2.05) is 15.2 Å². The average molecular weight is 810 g/mol. The van der Waals surface area contributed by atoms with Crippen molar-refractivity contribution in [1.82, 2.24) is 15.2 Å². The first-order valence-corrected chi connectivity index (χ1v) is 21.0. The van der Waals surface area contributed by atoms with Gasteiger partial charge in [0, 0.05) is 52.5 Å². The maximum atomic E-state index is 14.5. The Balaban J connectivity index is 1.48. The minimum absolute atomic E-state index is 0.185. The van der Waals surface area contributed by atoms with Gasteiger partial charge in [0.25, 0.3) is 0 Å². The van der Waals surface area contributed by atoms with Gasteiger partial charge in [0.1, 0.15) is 18.3 Å². The Labute approximate surface area is 347 Å². The molecule has 2 aromatic rings. The zero-order valence-corrected chi connectivity index (χ0v) is 38.0. The van der Waals surface area contributed by atoms with E-state index in [1.165, 1.54) is 0 Å². The van der Waals surface area contributed by atoms with Gasteiger partial charge in [-0.05, 0) is 157 Å². The van der Waals surface area contributed by atoms with Crippen LogP contribution in [0.2, 0.25) is 0 Å². The van der Waals surface area contributed by atoms with Gasteiger partial charge in [0.2, 0.25) is 0 Å². The number of esters is 3. The van der Waals surface area contributed by atoms with Crippen LogP contribution in [0.3, 0.4) is 0 Å². The lowest BCUT2D eigenvalue weighted by atomic mass is 9.94. The first-order valence-electron chi connectivity index (χ1n) is 21.0. The Kier molecular flexibility index (Phi) is 13.3. The van der Waals surface area contributed by atoms with E-state index in [4.69, 9.17) is 28.7 Å². The molecule has 0 saturated carbocycles. The predicted octanol–water partition coefficient (Wildman–Crippen LogP) is 9.23. The highest BCUT2D eigenvalue weighted by atomic mass is 16.7. The zero-order valence-electron chi connectivity index (χ0n) is 38.0. The third kappa shape index (κ3) is 9.74. The molecule has 3 atom stereocenters. The van der Waals surface area contributed by atoms with Gasteiger partial charge < -0.3 is 28.7 Å². The first-order chi connectivity index (χ1) is 26.8. The van der Waals surface area contributed by atoms with E-state index < -0.39 is 35.1 Å². The molecule has 12 nitrogen and oxygen atoms in total. The number of nitrogens with zero attached hydrogens (tertiary/aromatic N) is 3. The lowest BCUT2D eigenvalue weighted by molar-refractivity contribution is -0.246. The van der Waals surface area contributed by atoms with Crippen LogP contribution in [-0.2, 0) is 28.7 Å². The Morgan fingerprint density at radius 2 is 0.845 bits per heavy atom. The molecule has 5 rings (SSSR count). The average Bonchev–Trinajstić information content (AvgIpc) is 3.30. The number of rotatable bonds is 9. The topological polar surface area (TPSA) is 116 Å². The predicted molar refractivity (Wildman–Crippen MR) is 224 cm³/mol. The molecule has 3 fully saturated rings. The molecule has 3 unspecified atom stereocenters. The molecule has 0 radical (unpaired) electrons. The highest BCUT2D eigenvalue weighted by molar-refractivity contribution is 6.09. The summed E-state index contributed by atoms with van der Waals surface area (Å²) in [4.78, 5) is 59.9. The second kappa shape index (κ2) is 16.7. The summed E-state index contributed by atoms with van der Waals surface area (Å²) in [6, 6.07) is 8.40. The number of hydroxylamine groups is 6. The fraction of sp³-hybridized carbons (Fsp3) is 0.717. The number of hydrogen-bond donors (Lipinski definition) is 0. The minimum Gasteiger partial charge on any atom is -0.459 e. The van der Waals surface area contributed by atoms with Crippen LogP contribution < -0.4 is 0 Å². The van der Waals surface area contributed by atoms with Crippen molar-refractivity contribution >= 4 is 28.7 Å². The summed E-state index contributed by atoms with van der Waals surface area (Å²) >= 11 is 0. The largest absolute Gasteiger partial charge is 0.459 e. The van der Waals surface area contributed by atoms with Crippen molar-refractivity contribution in [2.45, 2.75) is 192 Å². The van der Waals surface area contributed by atoms with Crippen molar-refractivity contribution < 1.29 is 43.1 Å². The quantitative estimate of drug-likeness (QED) is 0.178. The minimum atomic E-state index is -0.574. The lowest BCUT2D eigenvalue weighted by Crippen LogP contribution is -2.53. The van der Waals surface area contributed by atoms with Crippen molar-refractivity contribution in [1.29, 1.82) is 0 Å².